The summed E-state index contributed by atoms with van der Waals surface area (Å²) < 4.78 is 2.19. The summed E-state index contributed by atoms with van der Waals surface area (Å²) in [6, 6.07) is 7.90. The highest BCUT2D eigenvalue weighted by atomic mass is 16.2. The van der Waals surface area contributed by atoms with Gasteiger partial charge in [-0.2, -0.15) is 0 Å². The number of imidazole rings is 1. The van der Waals surface area contributed by atoms with Crippen molar-refractivity contribution >= 4 is 17.4 Å². The van der Waals surface area contributed by atoms with Gasteiger partial charge in [0.1, 0.15) is 5.82 Å². The molecule has 4 rings (SSSR count). The van der Waals surface area contributed by atoms with Crippen molar-refractivity contribution in [2.45, 2.75) is 38.1 Å². The number of nitrogens with one attached hydrogen (secondary N) is 2. The van der Waals surface area contributed by atoms with E-state index in [0.717, 1.165) is 49.7 Å². The minimum atomic E-state index is -0.143. The van der Waals surface area contributed by atoms with Crippen LogP contribution in [0.15, 0.2) is 36.7 Å². The Morgan fingerprint density at radius 1 is 1.16 bits per heavy atom. The number of nitrogens with zero attached hydrogens (tertiary/aromatic N) is 3. The molecule has 6 nitrogen and oxygen atoms in total. The number of anilines is 2. The number of amides is 2. The topological polar surface area (TPSA) is 62.2 Å². The molecule has 2 aromatic rings. The molecule has 1 fully saturated rings. The van der Waals surface area contributed by atoms with Crippen LogP contribution in [0.4, 0.5) is 16.2 Å². The molecule has 0 radical (unpaired) electrons. The van der Waals surface area contributed by atoms with Crippen molar-refractivity contribution in [3.05, 3.63) is 42.5 Å². The van der Waals surface area contributed by atoms with Gasteiger partial charge in [-0.3, -0.25) is 0 Å². The first-order chi connectivity index (χ1) is 12.3. The molecule has 2 aliphatic rings. The zero-order valence-corrected chi connectivity index (χ0v) is 14.4. The number of para-hydroxylation sites is 2. The van der Waals surface area contributed by atoms with Crippen molar-refractivity contribution < 1.29 is 4.79 Å². The van der Waals surface area contributed by atoms with Gasteiger partial charge in [0, 0.05) is 44.5 Å². The maximum absolute atomic E-state index is 12.4. The molecule has 0 bridgehead atoms. The minimum absolute atomic E-state index is 0.143. The van der Waals surface area contributed by atoms with Crippen LogP contribution in [0.25, 0.3) is 0 Å². The number of carbonyl (C=O) groups is 1. The zero-order chi connectivity index (χ0) is 17.1. The van der Waals surface area contributed by atoms with Crippen LogP contribution in [0.2, 0.25) is 0 Å². The van der Waals surface area contributed by atoms with Crippen LogP contribution in [0.3, 0.4) is 0 Å². The summed E-state index contributed by atoms with van der Waals surface area (Å²) in [5.74, 6) is 1.38. The van der Waals surface area contributed by atoms with Crippen molar-refractivity contribution in [3.63, 3.8) is 0 Å². The van der Waals surface area contributed by atoms with E-state index in [1.807, 2.05) is 30.6 Å². The standard InChI is InChI=1S/C19H25N5O/c25-19(21-14-15-6-5-12-24-13-9-20-18(15)24)22-16-7-1-2-8-17(16)23-10-3-4-11-23/h1-2,7-9,13,15H,3-6,10-12,14H2,(H2,21,22,25). The second-order valence-corrected chi connectivity index (χ2v) is 6.86. The highest BCUT2D eigenvalue weighted by molar-refractivity contribution is 5.93. The summed E-state index contributed by atoms with van der Waals surface area (Å²) in [4.78, 5) is 19.2. The van der Waals surface area contributed by atoms with Gasteiger partial charge in [0.2, 0.25) is 0 Å². The van der Waals surface area contributed by atoms with Crippen LogP contribution in [0.1, 0.15) is 37.4 Å². The molecule has 132 valence electrons. The highest BCUT2D eigenvalue weighted by Crippen LogP contribution is 2.29. The largest absolute Gasteiger partial charge is 0.370 e. The first-order valence-corrected chi connectivity index (χ1v) is 9.21. The van der Waals surface area contributed by atoms with E-state index in [4.69, 9.17) is 0 Å². The van der Waals surface area contributed by atoms with Crippen molar-refractivity contribution in [3.8, 4) is 0 Å². The number of rotatable bonds is 4. The van der Waals surface area contributed by atoms with Crippen LogP contribution in [0.5, 0.6) is 0 Å². The fourth-order valence-corrected chi connectivity index (χ4v) is 3.90. The molecule has 2 aliphatic heterocycles. The number of aromatic nitrogens is 2. The number of urea groups is 1. The molecule has 0 spiro atoms. The fourth-order valence-electron chi connectivity index (χ4n) is 3.90. The van der Waals surface area contributed by atoms with E-state index in [0.29, 0.717) is 12.5 Å². The average molecular weight is 339 g/mol. The molecule has 1 aromatic heterocycles. The number of fused-ring (bicyclic) bond motifs is 1. The molecule has 2 amide bonds. The molecule has 1 atom stereocenters. The second kappa shape index (κ2) is 7.17. The lowest BCUT2D eigenvalue weighted by atomic mass is 9.99. The van der Waals surface area contributed by atoms with Crippen LogP contribution < -0.4 is 15.5 Å². The molecule has 0 saturated carbocycles. The van der Waals surface area contributed by atoms with E-state index in [2.05, 4.69) is 31.2 Å². The van der Waals surface area contributed by atoms with Crippen LogP contribution in [-0.2, 0) is 6.54 Å². The van der Waals surface area contributed by atoms with Gasteiger partial charge >= 0.3 is 6.03 Å². The lowest BCUT2D eigenvalue weighted by Crippen LogP contribution is -2.34. The van der Waals surface area contributed by atoms with Gasteiger partial charge in [-0.1, -0.05) is 12.1 Å². The number of aryl methyl sites for hydroxylation is 1. The summed E-state index contributed by atoms with van der Waals surface area (Å²) in [6.45, 7) is 3.77. The van der Waals surface area contributed by atoms with E-state index < -0.39 is 0 Å². The molecule has 6 heteroatoms. The summed E-state index contributed by atoms with van der Waals surface area (Å²) >= 11 is 0. The van der Waals surface area contributed by atoms with Gasteiger partial charge < -0.3 is 20.1 Å². The third kappa shape index (κ3) is 3.48. The number of benzene rings is 1. The van der Waals surface area contributed by atoms with Crippen molar-refractivity contribution in [1.82, 2.24) is 14.9 Å². The predicted molar refractivity (Wildman–Crippen MR) is 99.1 cm³/mol. The smallest absolute Gasteiger partial charge is 0.319 e. The number of carbonyl (C=O) groups excluding carboxylic acids is 1. The molecular formula is C19H25N5O. The number of hydrogen-bond acceptors (Lipinski definition) is 3. The minimum Gasteiger partial charge on any atom is -0.370 e. The molecule has 0 aliphatic carbocycles. The van der Waals surface area contributed by atoms with Gasteiger partial charge in [-0.05, 0) is 37.8 Å². The van der Waals surface area contributed by atoms with E-state index in [1.54, 1.807) is 0 Å². The first kappa shape index (κ1) is 16.0. The van der Waals surface area contributed by atoms with Crippen LogP contribution in [-0.4, -0.2) is 35.2 Å². The normalized spacial score (nSPS) is 19.5. The van der Waals surface area contributed by atoms with Crippen molar-refractivity contribution in [2.75, 3.05) is 29.9 Å². The average Bonchev–Trinajstić information content (AvgIpc) is 3.32. The van der Waals surface area contributed by atoms with Gasteiger partial charge in [-0.25, -0.2) is 9.78 Å². The Kier molecular flexibility index (Phi) is 4.59. The summed E-state index contributed by atoms with van der Waals surface area (Å²) in [7, 11) is 0. The Hall–Kier alpha value is -2.50. The van der Waals surface area contributed by atoms with E-state index in [1.165, 1.54) is 12.8 Å². The Labute approximate surface area is 148 Å². The molecule has 1 aromatic carbocycles. The first-order valence-electron chi connectivity index (χ1n) is 9.21. The van der Waals surface area contributed by atoms with Gasteiger partial charge in [-0.15, -0.1) is 0 Å². The maximum Gasteiger partial charge on any atom is 0.319 e. The Morgan fingerprint density at radius 3 is 2.88 bits per heavy atom. The molecule has 3 heterocycles. The quantitative estimate of drug-likeness (QED) is 0.899. The van der Waals surface area contributed by atoms with E-state index in [9.17, 15) is 4.79 Å². The molecule has 25 heavy (non-hydrogen) atoms. The van der Waals surface area contributed by atoms with Gasteiger partial charge in [0.05, 0.1) is 11.4 Å². The fraction of sp³-hybridized carbons (Fsp3) is 0.474. The molecular weight excluding hydrogens is 314 g/mol. The van der Waals surface area contributed by atoms with Crippen molar-refractivity contribution in [1.29, 1.82) is 0 Å². The monoisotopic (exact) mass is 339 g/mol. The van der Waals surface area contributed by atoms with Crippen LogP contribution in [0, 0.1) is 0 Å². The Morgan fingerprint density at radius 2 is 2.00 bits per heavy atom. The lowest BCUT2D eigenvalue weighted by Gasteiger charge is -2.24. The highest BCUT2D eigenvalue weighted by Gasteiger charge is 2.22. The predicted octanol–water partition coefficient (Wildman–Crippen LogP) is 3.18. The summed E-state index contributed by atoms with van der Waals surface area (Å²) in [6.07, 6.45) is 8.51. The lowest BCUT2D eigenvalue weighted by molar-refractivity contribution is 0.250. The number of hydrogen-bond donors (Lipinski definition) is 2. The Bertz CT molecular complexity index is 735. The third-order valence-electron chi connectivity index (χ3n) is 5.17. The maximum atomic E-state index is 12.4. The summed E-state index contributed by atoms with van der Waals surface area (Å²) in [5.41, 5.74) is 2.00. The Balaban J connectivity index is 1.37. The molecule has 1 saturated heterocycles. The summed E-state index contributed by atoms with van der Waals surface area (Å²) in [5, 5.41) is 6.05. The van der Waals surface area contributed by atoms with Crippen LogP contribution >= 0.6 is 0 Å². The van der Waals surface area contributed by atoms with Gasteiger partial charge in [0.25, 0.3) is 0 Å². The molecule has 2 N–H and O–H groups in total. The zero-order valence-electron chi connectivity index (χ0n) is 14.4. The van der Waals surface area contributed by atoms with Crippen molar-refractivity contribution in [2.24, 2.45) is 0 Å². The van der Waals surface area contributed by atoms with E-state index >= 15 is 0 Å². The SMILES string of the molecule is O=C(NCC1CCCn2ccnc21)Nc1ccccc1N1CCCC1. The second-order valence-electron chi connectivity index (χ2n) is 6.86. The van der Waals surface area contributed by atoms with E-state index in [-0.39, 0.29) is 6.03 Å². The molecule has 1 unspecified atom stereocenters. The third-order valence-corrected chi connectivity index (χ3v) is 5.17. The van der Waals surface area contributed by atoms with Gasteiger partial charge in [0.15, 0.2) is 0 Å².